The van der Waals surface area contributed by atoms with Crippen molar-refractivity contribution in [3.8, 4) is 0 Å². The van der Waals surface area contributed by atoms with Gasteiger partial charge in [-0.25, -0.2) is 0 Å². The Hall–Kier alpha value is -3.99. The summed E-state index contributed by atoms with van der Waals surface area (Å²) in [4.78, 5) is 2.25. The molecule has 3 fully saturated rings. The molecule has 0 N–H and O–H groups in total. The fraction of sp³-hybridized carbons (Fsp3) is 0.333. The summed E-state index contributed by atoms with van der Waals surface area (Å²) in [5.74, 6) is 0. The van der Waals surface area contributed by atoms with Crippen molar-refractivity contribution in [3.05, 3.63) is 131 Å². The summed E-state index contributed by atoms with van der Waals surface area (Å²) in [5.41, 5.74) is 10.5. The molecule has 11 aliphatic heterocycles. The zero-order valence-electron chi connectivity index (χ0n) is 27.3. The van der Waals surface area contributed by atoms with E-state index in [2.05, 4.69) is 112 Å². The molecule has 7 unspecified atom stereocenters. The van der Waals surface area contributed by atoms with E-state index in [0.29, 0.717) is 19.9 Å². The molecule has 240 valence electrons. The van der Waals surface area contributed by atoms with Crippen LogP contribution >= 0.6 is 0 Å². The smallest absolute Gasteiger partial charge is 0.287 e. The molecule has 11 heterocycles. The summed E-state index contributed by atoms with van der Waals surface area (Å²) in [6.07, 6.45) is 11.9. The highest BCUT2D eigenvalue weighted by molar-refractivity contribution is 5.77. The molecule has 14 rings (SSSR count). The Morgan fingerprint density at radius 1 is 0.771 bits per heavy atom. The number of likely N-dealkylation sites (N-methyl/N-ethyl adjacent to an activating group) is 2. The second kappa shape index (κ2) is 7.59. The van der Waals surface area contributed by atoms with Gasteiger partial charge in [-0.2, -0.15) is 31.1 Å². The summed E-state index contributed by atoms with van der Waals surface area (Å²) < 4.78 is 48.4. The summed E-state index contributed by atoms with van der Waals surface area (Å²) in [5, 5.41) is 0. The van der Waals surface area contributed by atoms with E-state index >= 15 is 13.2 Å². The molecule has 3 aromatic rings. The van der Waals surface area contributed by atoms with E-state index in [1.165, 1.54) is 39.7 Å². The average Bonchev–Trinajstić information content (AvgIpc) is 3.58. The van der Waals surface area contributed by atoms with E-state index in [0.717, 1.165) is 45.4 Å². The third kappa shape index (κ3) is 2.56. The topological polar surface area (TPSA) is 3.24 Å². The second-order valence-corrected chi connectivity index (χ2v) is 16.3. The van der Waals surface area contributed by atoms with Gasteiger partial charge in [-0.1, -0.05) is 36.4 Å². The van der Waals surface area contributed by atoms with Crippen molar-refractivity contribution in [1.82, 2.24) is 13.4 Å². The molecule has 2 spiro atoms. The van der Waals surface area contributed by atoms with Gasteiger partial charge in [-0.15, -0.1) is 0 Å². The maximum absolute atomic E-state index is 15.0. The van der Waals surface area contributed by atoms with Crippen molar-refractivity contribution >= 4 is 22.7 Å². The summed E-state index contributed by atoms with van der Waals surface area (Å²) >= 11 is 0. The molecule has 0 amide bonds. The lowest BCUT2D eigenvalue weighted by atomic mass is 9.84. The maximum atomic E-state index is 15.0. The number of alkyl halides is 3. The first-order valence-electron chi connectivity index (χ1n) is 17.3. The summed E-state index contributed by atoms with van der Waals surface area (Å²) in [7, 11) is 4.58. The van der Waals surface area contributed by atoms with Gasteiger partial charge < -0.3 is 0 Å². The molecular formula is C39H38F3N6+5. The SMILES string of the molecule is C[C@@H]1[N+]23C=C[N+]14c1ccccc1C/C1=C(\Cc5ccccc52)C2[C@@H]5N(C=C[N+]25C)c2cc(C(F)(F)F)cc(c2CC34)[N+]23C=C[N@+](C)(C2)C13. The first-order chi connectivity index (χ1) is 23.0. The quantitative estimate of drug-likeness (QED) is 0.147. The van der Waals surface area contributed by atoms with Crippen molar-refractivity contribution in [2.24, 2.45) is 0 Å². The predicted molar refractivity (Wildman–Crippen MR) is 180 cm³/mol. The first-order valence-corrected chi connectivity index (χ1v) is 17.3. The van der Waals surface area contributed by atoms with Crippen LogP contribution in [0.25, 0.3) is 0 Å². The van der Waals surface area contributed by atoms with Crippen LogP contribution in [0.2, 0.25) is 0 Å². The largest absolute Gasteiger partial charge is 0.416 e. The number of benzene rings is 3. The Balaban J connectivity index is 1.30. The lowest BCUT2D eigenvalue weighted by Crippen LogP contribution is -2.86. The normalized spacial score (nSPS) is 45.0. The van der Waals surface area contributed by atoms with E-state index in [1.807, 2.05) is 0 Å². The molecule has 8 bridgehead atoms. The Bertz CT molecular complexity index is 2210. The number of quaternary nitrogens is 5. The summed E-state index contributed by atoms with van der Waals surface area (Å²) in [6, 6.07) is 21.3. The predicted octanol–water partition coefficient (Wildman–Crippen LogP) is 6.84. The molecule has 11 aliphatic rings. The molecule has 3 aromatic carbocycles. The van der Waals surface area contributed by atoms with E-state index in [4.69, 9.17) is 0 Å². The highest BCUT2D eigenvalue weighted by atomic mass is 19.4. The molecule has 3 saturated heterocycles. The molecule has 0 radical (unpaired) electrons. The zero-order valence-corrected chi connectivity index (χ0v) is 27.3. The van der Waals surface area contributed by atoms with Crippen LogP contribution in [-0.4, -0.2) is 60.4 Å². The van der Waals surface area contributed by atoms with Crippen LogP contribution in [0.3, 0.4) is 0 Å². The van der Waals surface area contributed by atoms with Gasteiger partial charge in [0.05, 0.1) is 49.1 Å². The standard InChI is InChI=1S/C39H38F3N6/c1-24-47-16-17-48(24)33-11-7-5-9-26(33)19-29-28(18-25-8-4-6-10-32(25)47)36-37-43(12-13-45(36,37)3)31-20-27(39(40,41)42)21-34(30(31)22-35(47)48)46-15-14-44(2,23-46)38(29)46/h4-17,20-21,24,35-38H,18-19,22-23H2,1-3H3/q+5/b29-28-/t24-,35?,36?,37-,38?,44-,45?,46?,47?,48?/m1/s1. The van der Waals surface area contributed by atoms with Crippen LogP contribution < -0.4 is 18.3 Å². The van der Waals surface area contributed by atoms with Gasteiger partial charge in [0.1, 0.15) is 6.20 Å². The van der Waals surface area contributed by atoms with Crippen LogP contribution in [0.1, 0.15) is 29.2 Å². The highest BCUT2D eigenvalue weighted by Crippen LogP contribution is 2.65. The molecule has 10 atom stereocenters. The van der Waals surface area contributed by atoms with Crippen molar-refractivity contribution in [2.45, 2.75) is 63.1 Å². The number of anilines is 1. The monoisotopic (exact) mass is 647 g/mol. The van der Waals surface area contributed by atoms with Crippen molar-refractivity contribution in [1.29, 1.82) is 0 Å². The molecule has 0 saturated carbocycles. The van der Waals surface area contributed by atoms with Gasteiger partial charge in [-0.3, -0.25) is 9.38 Å². The van der Waals surface area contributed by atoms with Crippen molar-refractivity contribution in [2.75, 3.05) is 25.7 Å². The van der Waals surface area contributed by atoms with Crippen LogP contribution in [0, 0.1) is 0 Å². The van der Waals surface area contributed by atoms with E-state index < -0.39 is 11.7 Å². The Labute approximate surface area is 278 Å². The lowest BCUT2D eigenvalue weighted by molar-refractivity contribution is -0.938. The van der Waals surface area contributed by atoms with Crippen molar-refractivity contribution in [3.63, 3.8) is 0 Å². The highest BCUT2D eigenvalue weighted by Gasteiger charge is 2.81. The van der Waals surface area contributed by atoms with E-state index in [-0.39, 0.29) is 30.7 Å². The van der Waals surface area contributed by atoms with Gasteiger partial charge in [0, 0.05) is 54.7 Å². The molecule has 0 aliphatic carbocycles. The number of para-hydroxylation sites is 2. The van der Waals surface area contributed by atoms with Crippen LogP contribution in [0.15, 0.2) is 109 Å². The lowest BCUT2D eigenvalue weighted by Gasteiger charge is -2.59. The molecule has 6 nitrogen and oxygen atoms in total. The zero-order chi connectivity index (χ0) is 32.4. The van der Waals surface area contributed by atoms with Gasteiger partial charge >= 0.3 is 6.18 Å². The van der Waals surface area contributed by atoms with Crippen LogP contribution in [0.4, 0.5) is 35.9 Å². The Morgan fingerprint density at radius 2 is 1.44 bits per heavy atom. The number of hydrogen-bond donors (Lipinski definition) is 0. The van der Waals surface area contributed by atoms with Gasteiger partial charge in [0.25, 0.3) is 6.17 Å². The number of rotatable bonds is 0. The minimum atomic E-state index is -4.45. The van der Waals surface area contributed by atoms with Crippen LogP contribution in [-0.2, 0) is 25.4 Å². The average molecular weight is 648 g/mol. The Kier molecular flexibility index (Phi) is 4.25. The van der Waals surface area contributed by atoms with E-state index in [1.54, 1.807) is 6.07 Å². The summed E-state index contributed by atoms with van der Waals surface area (Å²) in [6.45, 7) is 3.13. The number of hydrogen-bond acceptors (Lipinski definition) is 1. The van der Waals surface area contributed by atoms with Gasteiger partial charge in [0.15, 0.2) is 47.9 Å². The fourth-order valence-corrected chi connectivity index (χ4v) is 12.5. The molecule has 0 aromatic heterocycles. The first kappa shape index (κ1) is 26.9. The number of fused-ring (bicyclic) bond motifs is 4. The minimum Gasteiger partial charge on any atom is -0.287 e. The molecule has 48 heavy (non-hydrogen) atoms. The Morgan fingerprint density at radius 3 is 2.10 bits per heavy atom. The molecular weight excluding hydrogens is 609 g/mol. The van der Waals surface area contributed by atoms with Gasteiger partial charge in [0.2, 0.25) is 25.2 Å². The number of nitrogens with zero attached hydrogens (tertiary/aromatic N) is 6. The third-order valence-electron chi connectivity index (χ3n) is 14.5. The fourth-order valence-electron chi connectivity index (χ4n) is 12.5. The van der Waals surface area contributed by atoms with Crippen molar-refractivity contribution < 1.29 is 22.1 Å². The maximum Gasteiger partial charge on any atom is 0.416 e. The number of halogens is 3. The second-order valence-electron chi connectivity index (χ2n) is 16.3. The molecule has 9 heteroatoms. The van der Waals surface area contributed by atoms with Gasteiger partial charge in [-0.05, 0) is 6.07 Å². The van der Waals surface area contributed by atoms with E-state index in [9.17, 15) is 0 Å². The minimum absolute atomic E-state index is 0.00580. The third-order valence-corrected chi connectivity index (χ3v) is 14.5. The van der Waals surface area contributed by atoms with Crippen LogP contribution in [0.5, 0.6) is 0 Å².